The van der Waals surface area contributed by atoms with Crippen molar-refractivity contribution in [1.29, 1.82) is 0 Å². The van der Waals surface area contributed by atoms with Gasteiger partial charge >= 0.3 is 0 Å². The van der Waals surface area contributed by atoms with Gasteiger partial charge in [0.2, 0.25) is 0 Å². The van der Waals surface area contributed by atoms with Crippen LogP contribution in [-0.4, -0.2) is 17.4 Å². The molecule has 2 N–H and O–H groups in total. The number of carbonyl (C=O) groups is 1. The molecule has 0 radical (unpaired) electrons. The molecule has 0 aliphatic carbocycles. The normalized spacial score (nSPS) is 10.5. The lowest BCUT2D eigenvalue weighted by Crippen LogP contribution is -2.25. The van der Waals surface area contributed by atoms with Crippen molar-refractivity contribution in [1.82, 2.24) is 10.3 Å². The molecule has 1 heterocycles. The van der Waals surface area contributed by atoms with Gasteiger partial charge in [0.15, 0.2) is 17.5 Å². The van der Waals surface area contributed by atoms with E-state index in [1.165, 1.54) is 18.3 Å². The third-order valence-corrected chi connectivity index (χ3v) is 3.37. The fourth-order valence-corrected chi connectivity index (χ4v) is 2.08. The first-order valence-electron chi connectivity index (χ1n) is 7.67. The first-order valence-corrected chi connectivity index (χ1v) is 7.67. The van der Waals surface area contributed by atoms with Gasteiger partial charge in [0, 0.05) is 18.4 Å². The largest absolute Gasteiger partial charge is 0.353 e. The van der Waals surface area contributed by atoms with Crippen molar-refractivity contribution in [2.24, 2.45) is 0 Å². The third-order valence-electron chi connectivity index (χ3n) is 3.37. The van der Waals surface area contributed by atoms with Gasteiger partial charge in [0.25, 0.3) is 5.91 Å². The van der Waals surface area contributed by atoms with Gasteiger partial charge in [-0.1, -0.05) is 19.8 Å². The van der Waals surface area contributed by atoms with Gasteiger partial charge in [0.05, 0.1) is 5.69 Å². The second-order valence-corrected chi connectivity index (χ2v) is 5.24. The van der Waals surface area contributed by atoms with Crippen LogP contribution in [-0.2, 0) is 0 Å². The number of nitrogens with zero attached hydrogens (tertiary/aromatic N) is 1. The van der Waals surface area contributed by atoms with E-state index in [-0.39, 0.29) is 17.3 Å². The molecule has 2 rings (SSSR count). The Balaban J connectivity index is 2.08. The SMILES string of the molecule is CCCCCNC(=O)c1cc(Nc2ccc(F)c(F)c2F)ccn1. The molecule has 0 spiro atoms. The van der Waals surface area contributed by atoms with E-state index in [4.69, 9.17) is 0 Å². The summed E-state index contributed by atoms with van der Waals surface area (Å²) in [5.41, 5.74) is 0.266. The van der Waals surface area contributed by atoms with Gasteiger partial charge in [-0.25, -0.2) is 13.2 Å². The van der Waals surface area contributed by atoms with Crippen molar-refractivity contribution < 1.29 is 18.0 Å². The number of hydrogen-bond donors (Lipinski definition) is 2. The lowest BCUT2D eigenvalue weighted by atomic mass is 10.2. The van der Waals surface area contributed by atoms with Gasteiger partial charge in [-0.15, -0.1) is 0 Å². The van der Waals surface area contributed by atoms with E-state index in [0.717, 1.165) is 31.4 Å². The predicted octanol–water partition coefficient (Wildman–Crippen LogP) is 4.16. The number of unbranched alkanes of at least 4 members (excludes halogenated alkanes) is 2. The monoisotopic (exact) mass is 337 g/mol. The average Bonchev–Trinajstić information content (AvgIpc) is 2.59. The summed E-state index contributed by atoms with van der Waals surface area (Å²) >= 11 is 0. The minimum absolute atomic E-state index is 0.152. The molecule has 128 valence electrons. The first kappa shape index (κ1) is 17.8. The highest BCUT2D eigenvalue weighted by molar-refractivity contribution is 5.93. The molecule has 1 amide bonds. The fraction of sp³-hybridized carbons (Fsp3) is 0.294. The van der Waals surface area contributed by atoms with Gasteiger partial charge in [-0.05, 0) is 30.7 Å². The standard InChI is InChI=1S/C17H18F3N3O/c1-2-3-4-8-22-17(24)14-10-11(7-9-21-14)23-13-6-5-12(18)15(19)16(13)20/h5-7,9-10H,2-4,8H2,1H3,(H,21,23)(H,22,24). The van der Waals surface area contributed by atoms with E-state index in [9.17, 15) is 18.0 Å². The van der Waals surface area contributed by atoms with Crippen LogP contribution >= 0.6 is 0 Å². The molecule has 1 aromatic heterocycles. The second-order valence-electron chi connectivity index (χ2n) is 5.24. The Morgan fingerprint density at radius 3 is 2.67 bits per heavy atom. The zero-order chi connectivity index (χ0) is 17.5. The Hall–Kier alpha value is -2.57. The quantitative estimate of drug-likeness (QED) is 0.589. The number of pyridine rings is 1. The summed E-state index contributed by atoms with van der Waals surface area (Å²) in [7, 11) is 0. The summed E-state index contributed by atoms with van der Waals surface area (Å²) in [5, 5.41) is 5.35. The number of halogens is 3. The van der Waals surface area contributed by atoms with Crippen molar-refractivity contribution in [3.63, 3.8) is 0 Å². The van der Waals surface area contributed by atoms with Gasteiger partial charge in [-0.3, -0.25) is 9.78 Å². The van der Waals surface area contributed by atoms with E-state index in [1.54, 1.807) is 0 Å². The summed E-state index contributed by atoms with van der Waals surface area (Å²) in [6, 6.07) is 4.81. The van der Waals surface area contributed by atoms with Crippen molar-refractivity contribution in [2.45, 2.75) is 26.2 Å². The summed E-state index contributed by atoms with van der Waals surface area (Å²) in [6.07, 6.45) is 4.32. The molecule has 0 bridgehead atoms. The van der Waals surface area contributed by atoms with Gasteiger partial charge in [-0.2, -0.15) is 0 Å². The van der Waals surface area contributed by atoms with Gasteiger partial charge in [0.1, 0.15) is 5.69 Å². The Kier molecular flexibility index (Phi) is 6.17. The van der Waals surface area contributed by atoms with Crippen LogP contribution in [0.3, 0.4) is 0 Å². The molecule has 0 saturated carbocycles. The summed E-state index contributed by atoms with van der Waals surface area (Å²) in [5.74, 6) is -4.49. The van der Waals surface area contributed by atoms with Crippen LogP contribution in [0.5, 0.6) is 0 Å². The van der Waals surface area contributed by atoms with Crippen LogP contribution in [0.1, 0.15) is 36.7 Å². The van der Waals surface area contributed by atoms with E-state index in [0.29, 0.717) is 12.2 Å². The highest BCUT2D eigenvalue weighted by Crippen LogP contribution is 2.23. The third kappa shape index (κ3) is 4.47. The summed E-state index contributed by atoms with van der Waals surface area (Å²) in [6.45, 7) is 2.61. The highest BCUT2D eigenvalue weighted by atomic mass is 19.2. The molecule has 2 aromatic rings. The molecule has 0 aliphatic heterocycles. The van der Waals surface area contributed by atoms with Gasteiger partial charge < -0.3 is 10.6 Å². The first-order chi connectivity index (χ1) is 11.5. The number of carbonyl (C=O) groups excluding carboxylic acids is 1. The van der Waals surface area contributed by atoms with E-state index in [2.05, 4.69) is 22.5 Å². The van der Waals surface area contributed by atoms with Crippen molar-refractivity contribution in [3.05, 3.63) is 53.6 Å². The lowest BCUT2D eigenvalue weighted by molar-refractivity contribution is 0.0948. The number of benzene rings is 1. The zero-order valence-corrected chi connectivity index (χ0v) is 13.2. The second kappa shape index (κ2) is 8.33. The minimum atomic E-state index is -1.55. The molecule has 24 heavy (non-hydrogen) atoms. The summed E-state index contributed by atoms with van der Waals surface area (Å²) < 4.78 is 39.8. The minimum Gasteiger partial charge on any atom is -0.353 e. The van der Waals surface area contributed by atoms with Crippen LogP contribution < -0.4 is 10.6 Å². The van der Waals surface area contributed by atoms with E-state index >= 15 is 0 Å². The highest BCUT2D eigenvalue weighted by Gasteiger charge is 2.14. The topological polar surface area (TPSA) is 54.0 Å². The molecule has 0 atom stereocenters. The molecular formula is C17H18F3N3O. The Bertz CT molecular complexity index is 722. The predicted molar refractivity (Wildman–Crippen MR) is 85.7 cm³/mol. The molecule has 0 unspecified atom stereocenters. The number of rotatable bonds is 7. The summed E-state index contributed by atoms with van der Waals surface area (Å²) in [4.78, 5) is 15.9. The maximum absolute atomic E-state index is 13.7. The van der Waals surface area contributed by atoms with Crippen LogP contribution in [0.4, 0.5) is 24.5 Å². The molecule has 0 fully saturated rings. The molecule has 0 aliphatic rings. The molecular weight excluding hydrogens is 319 g/mol. The average molecular weight is 337 g/mol. The molecule has 7 heteroatoms. The Morgan fingerprint density at radius 1 is 1.12 bits per heavy atom. The number of amides is 1. The number of nitrogens with one attached hydrogen (secondary N) is 2. The van der Waals surface area contributed by atoms with Crippen LogP contribution in [0.15, 0.2) is 30.5 Å². The smallest absolute Gasteiger partial charge is 0.269 e. The van der Waals surface area contributed by atoms with Crippen molar-refractivity contribution in [3.8, 4) is 0 Å². The maximum atomic E-state index is 13.7. The van der Waals surface area contributed by atoms with Crippen LogP contribution in [0.25, 0.3) is 0 Å². The van der Waals surface area contributed by atoms with Crippen LogP contribution in [0, 0.1) is 17.5 Å². The van der Waals surface area contributed by atoms with Crippen molar-refractivity contribution in [2.75, 3.05) is 11.9 Å². The maximum Gasteiger partial charge on any atom is 0.269 e. The Morgan fingerprint density at radius 2 is 1.92 bits per heavy atom. The van der Waals surface area contributed by atoms with E-state index < -0.39 is 17.5 Å². The lowest BCUT2D eigenvalue weighted by Gasteiger charge is -2.10. The van der Waals surface area contributed by atoms with Crippen molar-refractivity contribution >= 4 is 17.3 Å². The number of anilines is 2. The number of hydrogen-bond acceptors (Lipinski definition) is 3. The fourth-order valence-electron chi connectivity index (χ4n) is 2.08. The van der Waals surface area contributed by atoms with Crippen LogP contribution in [0.2, 0.25) is 0 Å². The zero-order valence-electron chi connectivity index (χ0n) is 13.2. The molecule has 4 nitrogen and oxygen atoms in total. The van der Waals surface area contributed by atoms with E-state index in [1.807, 2.05) is 0 Å². The molecule has 1 aromatic carbocycles. The molecule has 0 saturated heterocycles. The Labute approximate surface area is 138 Å². The number of aromatic nitrogens is 1.